The van der Waals surface area contributed by atoms with Crippen molar-refractivity contribution in [1.82, 2.24) is 0 Å². The molecule has 0 aliphatic heterocycles. The number of hydrogen-bond acceptors (Lipinski definition) is 3. The van der Waals surface area contributed by atoms with Crippen LogP contribution in [0.4, 0.5) is 5.69 Å². The summed E-state index contributed by atoms with van der Waals surface area (Å²) in [5.41, 5.74) is 0.607. The van der Waals surface area contributed by atoms with Crippen LogP contribution in [0.15, 0.2) is 49.1 Å². The summed E-state index contributed by atoms with van der Waals surface area (Å²) in [7, 11) is 0. The molecular formula is C15H11Cl2NO3. The van der Waals surface area contributed by atoms with Crippen LogP contribution < -0.4 is 4.74 Å². The third-order valence-electron chi connectivity index (χ3n) is 2.77. The van der Waals surface area contributed by atoms with E-state index in [0.717, 1.165) is 5.56 Å². The van der Waals surface area contributed by atoms with Gasteiger partial charge in [0.1, 0.15) is 10.8 Å². The summed E-state index contributed by atoms with van der Waals surface area (Å²) in [5, 5.41) is 11.3. The van der Waals surface area contributed by atoms with Crippen LogP contribution in [0.25, 0.3) is 0 Å². The van der Waals surface area contributed by atoms with Crippen molar-refractivity contribution in [1.29, 1.82) is 0 Å². The van der Waals surface area contributed by atoms with Gasteiger partial charge in [-0.1, -0.05) is 47.5 Å². The predicted molar refractivity (Wildman–Crippen MR) is 83.5 cm³/mol. The largest absolute Gasteiger partial charge is 0.448 e. The molecule has 2 aromatic carbocycles. The van der Waals surface area contributed by atoms with Gasteiger partial charge in [0.2, 0.25) is 5.75 Å². The van der Waals surface area contributed by atoms with E-state index in [2.05, 4.69) is 6.58 Å². The zero-order valence-corrected chi connectivity index (χ0v) is 12.4. The Labute approximate surface area is 131 Å². The molecule has 0 bridgehead atoms. The van der Waals surface area contributed by atoms with Crippen LogP contribution in [0.5, 0.6) is 11.5 Å². The molecule has 0 heterocycles. The van der Waals surface area contributed by atoms with Gasteiger partial charge >= 0.3 is 5.69 Å². The highest BCUT2D eigenvalue weighted by atomic mass is 35.5. The van der Waals surface area contributed by atoms with E-state index in [9.17, 15) is 10.1 Å². The Morgan fingerprint density at radius 1 is 1.24 bits per heavy atom. The Kier molecular flexibility index (Phi) is 4.83. The molecule has 0 unspecified atom stereocenters. The molecule has 0 aromatic heterocycles. The first-order valence-corrected chi connectivity index (χ1v) is 6.79. The van der Waals surface area contributed by atoms with Crippen LogP contribution in [0.3, 0.4) is 0 Å². The Balaban J connectivity index is 2.51. The molecule has 21 heavy (non-hydrogen) atoms. The number of halogens is 2. The van der Waals surface area contributed by atoms with Crippen molar-refractivity contribution in [3.05, 3.63) is 74.8 Å². The van der Waals surface area contributed by atoms with Crippen molar-refractivity contribution >= 4 is 28.9 Å². The maximum absolute atomic E-state index is 11.1. The first kappa shape index (κ1) is 15.4. The van der Waals surface area contributed by atoms with E-state index in [1.807, 2.05) is 12.1 Å². The number of nitro groups is 1. The summed E-state index contributed by atoms with van der Waals surface area (Å²) in [4.78, 5) is 10.5. The average Bonchev–Trinajstić information content (AvgIpc) is 2.46. The number of ether oxygens (including phenoxy) is 1. The van der Waals surface area contributed by atoms with Gasteiger partial charge in [-0.2, -0.15) is 0 Å². The van der Waals surface area contributed by atoms with E-state index in [-0.39, 0.29) is 21.5 Å². The lowest BCUT2D eigenvalue weighted by Crippen LogP contribution is -1.96. The molecule has 0 atom stereocenters. The predicted octanol–water partition coefficient (Wildman–Crippen LogP) is 5.42. The van der Waals surface area contributed by atoms with E-state index < -0.39 is 4.92 Å². The molecule has 0 aliphatic rings. The van der Waals surface area contributed by atoms with Gasteiger partial charge in [0, 0.05) is 6.07 Å². The number of nitro benzene ring substituents is 1. The van der Waals surface area contributed by atoms with E-state index in [1.54, 1.807) is 18.2 Å². The molecular weight excluding hydrogens is 313 g/mol. The number of nitrogens with zero attached hydrogens (tertiary/aromatic N) is 1. The summed E-state index contributed by atoms with van der Waals surface area (Å²) >= 11 is 11.9. The van der Waals surface area contributed by atoms with Crippen molar-refractivity contribution in [3.63, 3.8) is 0 Å². The highest BCUT2D eigenvalue weighted by molar-refractivity contribution is 6.43. The molecule has 0 saturated heterocycles. The summed E-state index contributed by atoms with van der Waals surface area (Å²) in [6.45, 7) is 3.67. The quantitative estimate of drug-likeness (QED) is 0.419. The number of benzene rings is 2. The summed E-state index contributed by atoms with van der Waals surface area (Å²) in [6, 6.07) is 9.80. The van der Waals surface area contributed by atoms with Crippen molar-refractivity contribution in [2.45, 2.75) is 6.42 Å². The third kappa shape index (κ3) is 3.35. The van der Waals surface area contributed by atoms with Crippen molar-refractivity contribution in [3.8, 4) is 11.5 Å². The number of rotatable bonds is 5. The lowest BCUT2D eigenvalue weighted by atomic mass is 10.1. The molecule has 0 N–H and O–H groups in total. The maximum Gasteiger partial charge on any atom is 0.313 e. The summed E-state index contributed by atoms with van der Waals surface area (Å²) in [6.07, 6.45) is 2.29. The van der Waals surface area contributed by atoms with Crippen LogP contribution in [0, 0.1) is 10.1 Å². The third-order valence-corrected chi connectivity index (χ3v) is 3.56. The monoisotopic (exact) mass is 323 g/mol. The molecule has 0 fully saturated rings. The van der Waals surface area contributed by atoms with Gasteiger partial charge in [0.05, 0.1) is 9.95 Å². The maximum atomic E-state index is 11.1. The standard InChI is InChI=1S/C15H11Cl2NO3/c1-2-5-10-6-3-4-7-13(10)21-15-12(18(19)20)9-8-11(16)14(15)17/h2-4,6-9H,1,5H2. The van der Waals surface area contributed by atoms with Gasteiger partial charge in [0.15, 0.2) is 0 Å². The molecule has 0 saturated carbocycles. The van der Waals surface area contributed by atoms with Crippen molar-refractivity contribution < 1.29 is 9.66 Å². The van der Waals surface area contributed by atoms with Gasteiger partial charge < -0.3 is 4.74 Å². The minimum Gasteiger partial charge on any atom is -0.448 e. The molecule has 2 aromatic rings. The van der Waals surface area contributed by atoms with Gasteiger partial charge in [0.25, 0.3) is 0 Å². The Morgan fingerprint density at radius 2 is 1.95 bits per heavy atom. The Morgan fingerprint density at radius 3 is 2.62 bits per heavy atom. The van der Waals surface area contributed by atoms with Gasteiger partial charge in [-0.25, -0.2) is 0 Å². The molecule has 0 radical (unpaired) electrons. The highest BCUT2D eigenvalue weighted by Crippen LogP contribution is 2.42. The number of allylic oxidation sites excluding steroid dienone is 1. The number of para-hydroxylation sites is 1. The molecule has 108 valence electrons. The highest BCUT2D eigenvalue weighted by Gasteiger charge is 2.22. The molecule has 0 amide bonds. The molecule has 6 heteroatoms. The zero-order valence-electron chi connectivity index (χ0n) is 10.9. The van der Waals surface area contributed by atoms with E-state index in [4.69, 9.17) is 27.9 Å². The lowest BCUT2D eigenvalue weighted by Gasteiger charge is -2.12. The van der Waals surface area contributed by atoms with Crippen molar-refractivity contribution in [2.24, 2.45) is 0 Å². The normalized spacial score (nSPS) is 10.2. The van der Waals surface area contributed by atoms with Gasteiger partial charge in [-0.3, -0.25) is 10.1 Å². The topological polar surface area (TPSA) is 52.4 Å². The van der Waals surface area contributed by atoms with Crippen LogP contribution in [0.1, 0.15) is 5.56 Å². The SMILES string of the molecule is C=CCc1ccccc1Oc1c([N+](=O)[O-])ccc(Cl)c1Cl. The van der Waals surface area contributed by atoms with Crippen molar-refractivity contribution in [2.75, 3.05) is 0 Å². The smallest absolute Gasteiger partial charge is 0.313 e. The average molecular weight is 324 g/mol. The van der Waals surface area contributed by atoms with Crippen LogP contribution in [-0.2, 0) is 6.42 Å². The van der Waals surface area contributed by atoms with Crippen LogP contribution in [0.2, 0.25) is 10.0 Å². The van der Waals surface area contributed by atoms with Gasteiger partial charge in [-0.15, -0.1) is 6.58 Å². The second-order valence-electron chi connectivity index (χ2n) is 4.17. The molecule has 0 spiro atoms. The second-order valence-corrected chi connectivity index (χ2v) is 4.95. The van der Waals surface area contributed by atoms with Crippen LogP contribution in [-0.4, -0.2) is 4.92 Å². The molecule has 2 rings (SSSR count). The summed E-state index contributed by atoms with van der Waals surface area (Å²) in [5.74, 6) is 0.412. The zero-order chi connectivity index (χ0) is 15.4. The first-order chi connectivity index (χ1) is 10.0. The fourth-order valence-corrected chi connectivity index (χ4v) is 2.15. The van der Waals surface area contributed by atoms with Crippen LogP contribution >= 0.6 is 23.2 Å². The first-order valence-electron chi connectivity index (χ1n) is 6.03. The van der Waals surface area contributed by atoms with E-state index in [0.29, 0.717) is 12.2 Å². The number of hydrogen-bond donors (Lipinski definition) is 0. The Hall–Kier alpha value is -2.04. The van der Waals surface area contributed by atoms with E-state index in [1.165, 1.54) is 12.1 Å². The van der Waals surface area contributed by atoms with Gasteiger partial charge in [-0.05, 0) is 24.1 Å². The fraction of sp³-hybridized carbons (Fsp3) is 0.0667. The Bertz CT molecular complexity index is 701. The molecule has 4 nitrogen and oxygen atoms in total. The fourth-order valence-electron chi connectivity index (χ4n) is 1.80. The lowest BCUT2D eigenvalue weighted by molar-refractivity contribution is -0.385. The summed E-state index contributed by atoms with van der Waals surface area (Å²) < 4.78 is 5.66. The molecule has 0 aliphatic carbocycles. The van der Waals surface area contributed by atoms with E-state index >= 15 is 0 Å². The second kappa shape index (κ2) is 6.61. The minimum absolute atomic E-state index is 0.0132. The minimum atomic E-state index is -0.562.